The third-order valence-electron chi connectivity index (χ3n) is 4.24. The topological polar surface area (TPSA) is 278 Å². The molecule has 15 nitrogen and oxygen atoms in total. The average molecular weight is 493 g/mol. The number of aliphatic carboxylic acids is 1. The van der Waals surface area contributed by atoms with Crippen LogP contribution in [0.4, 0.5) is 0 Å². The SMILES string of the molecule is CC(O)C(N)C(=O)NC(CCCN=C(N)N)C(=O)NC(CS)C(=O)NC(CC(N)=O)C(=O)O. The first kappa shape index (κ1) is 29.9. The molecule has 188 valence electrons. The normalized spacial score (nSPS) is 15.2. The third-order valence-corrected chi connectivity index (χ3v) is 4.60. The molecule has 0 saturated carbocycles. The van der Waals surface area contributed by atoms with Crippen LogP contribution in [0.1, 0.15) is 26.2 Å². The van der Waals surface area contributed by atoms with Crippen LogP contribution < -0.4 is 38.9 Å². The number of guanidine groups is 1. The monoisotopic (exact) mass is 492 g/mol. The van der Waals surface area contributed by atoms with Crippen LogP contribution in [0.5, 0.6) is 0 Å². The molecular weight excluding hydrogens is 460 g/mol. The number of aliphatic hydroxyl groups excluding tert-OH is 1. The van der Waals surface area contributed by atoms with Gasteiger partial charge >= 0.3 is 5.97 Å². The number of aliphatic imine (C=N–C) groups is 1. The highest BCUT2D eigenvalue weighted by Gasteiger charge is 2.30. The summed E-state index contributed by atoms with van der Waals surface area (Å²) in [5.74, 6) is -5.39. The van der Waals surface area contributed by atoms with E-state index >= 15 is 0 Å². The van der Waals surface area contributed by atoms with Gasteiger partial charge in [-0.25, -0.2) is 4.79 Å². The van der Waals surface area contributed by atoms with E-state index in [4.69, 9.17) is 28.0 Å². The zero-order valence-corrected chi connectivity index (χ0v) is 19.0. The van der Waals surface area contributed by atoms with Gasteiger partial charge in [-0.05, 0) is 19.8 Å². The second-order valence-electron chi connectivity index (χ2n) is 7.09. The van der Waals surface area contributed by atoms with Crippen LogP contribution in [0.3, 0.4) is 0 Å². The van der Waals surface area contributed by atoms with E-state index in [-0.39, 0.29) is 31.1 Å². The number of thiol groups is 1. The van der Waals surface area contributed by atoms with Crippen LogP contribution in [0.25, 0.3) is 0 Å². The van der Waals surface area contributed by atoms with Crippen LogP contribution in [0.2, 0.25) is 0 Å². The number of nitrogens with one attached hydrogen (secondary N) is 3. The van der Waals surface area contributed by atoms with Crippen LogP contribution >= 0.6 is 12.6 Å². The highest BCUT2D eigenvalue weighted by Crippen LogP contribution is 2.03. The number of carbonyl (C=O) groups is 5. The van der Waals surface area contributed by atoms with Crippen LogP contribution in [0.15, 0.2) is 4.99 Å². The molecule has 0 bridgehead atoms. The smallest absolute Gasteiger partial charge is 0.326 e. The van der Waals surface area contributed by atoms with Crippen LogP contribution in [-0.4, -0.2) is 88.3 Å². The summed E-state index contributed by atoms with van der Waals surface area (Å²) in [7, 11) is 0. The first-order chi connectivity index (χ1) is 15.3. The number of amides is 4. The van der Waals surface area contributed by atoms with Gasteiger partial charge in [-0.15, -0.1) is 0 Å². The van der Waals surface area contributed by atoms with E-state index in [1.165, 1.54) is 6.92 Å². The van der Waals surface area contributed by atoms with Crippen LogP contribution in [-0.2, 0) is 24.0 Å². The van der Waals surface area contributed by atoms with Crippen molar-refractivity contribution < 1.29 is 34.2 Å². The highest BCUT2D eigenvalue weighted by atomic mass is 32.1. The zero-order chi connectivity index (χ0) is 25.7. The molecule has 0 saturated heterocycles. The lowest BCUT2D eigenvalue weighted by molar-refractivity contribution is -0.143. The summed E-state index contributed by atoms with van der Waals surface area (Å²) in [6.45, 7) is 1.44. The first-order valence-electron chi connectivity index (χ1n) is 9.82. The van der Waals surface area contributed by atoms with Gasteiger partial charge in [0.2, 0.25) is 23.6 Å². The van der Waals surface area contributed by atoms with E-state index in [2.05, 4.69) is 33.6 Å². The van der Waals surface area contributed by atoms with E-state index in [0.29, 0.717) is 0 Å². The quantitative estimate of drug-likeness (QED) is 0.0450. The van der Waals surface area contributed by atoms with E-state index in [9.17, 15) is 29.1 Å². The van der Waals surface area contributed by atoms with E-state index in [0.717, 1.165) is 0 Å². The fourth-order valence-corrected chi connectivity index (χ4v) is 2.66. The molecule has 0 aromatic carbocycles. The Hall–Kier alpha value is -3.11. The number of primary amides is 1. The molecule has 5 atom stereocenters. The van der Waals surface area contributed by atoms with Gasteiger partial charge in [0.1, 0.15) is 24.2 Å². The van der Waals surface area contributed by atoms with Crippen molar-refractivity contribution in [1.29, 1.82) is 0 Å². The maximum atomic E-state index is 12.8. The molecule has 0 fully saturated rings. The first-order valence-corrected chi connectivity index (χ1v) is 10.5. The minimum atomic E-state index is -1.60. The number of nitrogens with zero attached hydrogens (tertiary/aromatic N) is 1. The summed E-state index contributed by atoms with van der Waals surface area (Å²) in [5.41, 5.74) is 21.0. The Morgan fingerprint density at radius 2 is 1.45 bits per heavy atom. The Morgan fingerprint density at radius 3 is 1.91 bits per heavy atom. The van der Waals surface area contributed by atoms with Gasteiger partial charge in [-0.3, -0.25) is 24.2 Å². The lowest BCUT2D eigenvalue weighted by atomic mass is 10.1. The molecule has 5 unspecified atom stereocenters. The van der Waals surface area contributed by atoms with E-state index < -0.39 is 66.3 Å². The molecule has 0 heterocycles. The number of hydrogen-bond acceptors (Lipinski definition) is 9. The molecule has 0 rings (SSSR count). The number of aliphatic hydroxyl groups is 1. The number of carboxylic acids is 1. The molecule has 16 heteroatoms. The van der Waals surface area contributed by atoms with Gasteiger partial charge in [-0.2, -0.15) is 12.6 Å². The second-order valence-corrected chi connectivity index (χ2v) is 7.46. The van der Waals surface area contributed by atoms with E-state index in [1.54, 1.807) is 0 Å². The average Bonchev–Trinajstić information content (AvgIpc) is 2.71. The molecule has 4 amide bonds. The fourth-order valence-electron chi connectivity index (χ4n) is 2.40. The summed E-state index contributed by atoms with van der Waals surface area (Å²) in [4.78, 5) is 63.3. The van der Waals surface area contributed by atoms with Crippen LogP contribution in [0, 0.1) is 0 Å². The van der Waals surface area contributed by atoms with Gasteiger partial charge in [0.25, 0.3) is 0 Å². The molecule has 13 N–H and O–H groups in total. The number of carboxylic acid groups (broad SMARTS) is 1. The number of hydrogen-bond donors (Lipinski definition) is 10. The second kappa shape index (κ2) is 14.9. The maximum Gasteiger partial charge on any atom is 0.326 e. The zero-order valence-electron chi connectivity index (χ0n) is 18.1. The van der Waals surface area contributed by atoms with Crippen molar-refractivity contribution >= 4 is 48.2 Å². The van der Waals surface area contributed by atoms with Crippen molar-refractivity contribution in [2.45, 2.75) is 56.5 Å². The maximum absolute atomic E-state index is 12.8. The third kappa shape index (κ3) is 11.9. The summed E-state index contributed by atoms with van der Waals surface area (Å²) in [5, 5.41) is 25.4. The van der Waals surface area contributed by atoms with Crippen molar-refractivity contribution in [2.75, 3.05) is 12.3 Å². The van der Waals surface area contributed by atoms with Gasteiger partial charge in [0.05, 0.1) is 12.5 Å². The predicted molar refractivity (Wildman–Crippen MR) is 121 cm³/mol. The minimum Gasteiger partial charge on any atom is -0.480 e. The Morgan fingerprint density at radius 1 is 0.939 bits per heavy atom. The Bertz CT molecular complexity index is 745. The lowest BCUT2D eigenvalue weighted by Crippen LogP contribution is -2.58. The van der Waals surface area contributed by atoms with Gasteiger partial charge < -0.3 is 49.1 Å². The molecule has 0 aliphatic rings. The van der Waals surface area contributed by atoms with Crippen molar-refractivity contribution in [3.05, 3.63) is 0 Å². The Labute approximate surface area is 195 Å². The van der Waals surface area contributed by atoms with Crippen molar-refractivity contribution in [1.82, 2.24) is 16.0 Å². The van der Waals surface area contributed by atoms with Gasteiger partial charge in [0.15, 0.2) is 5.96 Å². The summed E-state index contributed by atoms with van der Waals surface area (Å²) in [6.07, 6.45) is -1.54. The molecule has 0 aromatic rings. The molecule has 33 heavy (non-hydrogen) atoms. The number of carbonyl (C=O) groups excluding carboxylic acids is 4. The lowest BCUT2D eigenvalue weighted by Gasteiger charge is -2.24. The molecule has 0 spiro atoms. The summed E-state index contributed by atoms with van der Waals surface area (Å²) >= 11 is 3.98. The van der Waals surface area contributed by atoms with E-state index in [1.807, 2.05) is 0 Å². The molecular formula is C17H32N8O7S. The summed E-state index contributed by atoms with van der Waals surface area (Å²) in [6, 6.07) is -5.41. The van der Waals surface area contributed by atoms with Gasteiger partial charge in [-0.1, -0.05) is 0 Å². The van der Waals surface area contributed by atoms with Crippen molar-refractivity contribution in [3.8, 4) is 0 Å². The standard InChI is InChI=1S/C17H32N8O7S/c1-7(26)12(19)15(30)23-8(3-2-4-22-17(20)21)13(28)25-10(6-33)14(29)24-9(16(31)32)5-11(18)27/h7-10,12,26,33H,2-6,19H2,1H3,(H2,18,27)(H,23,30)(H,24,29)(H,25,28)(H,31,32)(H4,20,21,22). The molecule has 0 aromatic heterocycles. The minimum absolute atomic E-state index is 0.0429. The Kier molecular flexibility index (Phi) is 13.5. The number of rotatable bonds is 15. The molecule has 0 radical (unpaired) electrons. The largest absolute Gasteiger partial charge is 0.480 e. The van der Waals surface area contributed by atoms with Crippen molar-refractivity contribution in [3.63, 3.8) is 0 Å². The van der Waals surface area contributed by atoms with Gasteiger partial charge in [0, 0.05) is 12.3 Å². The molecule has 0 aliphatic heterocycles. The fraction of sp³-hybridized carbons (Fsp3) is 0.647. The number of nitrogens with two attached hydrogens (primary N) is 4. The Balaban J connectivity index is 5.36. The van der Waals surface area contributed by atoms with Crippen molar-refractivity contribution in [2.24, 2.45) is 27.9 Å². The summed E-state index contributed by atoms with van der Waals surface area (Å²) < 4.78 is 0. The highest BCUT2D eigenvalue weighted by molar-refractivity contribution is 7.80. The predicted octanol–water partition coefficient (Wildman–Crippen LogP) is -4.91. The molecule has 0 aliphatic carbocycles.